The van der Waals surface area contributed by atoms with E-state index in [9.17, 15) is 22.8 Å². The molecule has 0 spiro atoms. The maximum Gasteiger partial charge on any atom is 0.261 e. The topological polar surface area (TPSA) is 91.8 Å². The Morgan fingerprint density at radius 2 is 1.58 bits per heavy atom. The zero-order valence-corrected chi connectivity index (χ0v) is 19.2. The van der Waals surface area contributed by atoms with Crippen molar-refractivity contribution in [3.8, 4) is 0 Å². The van der Waals surface area contributed by atoms with Gasteiger partial charge in [-0.2, -0.15) is 0 Å². The molecular formula is C23H32N2O5S. The van der Waals surface area contributed by atoms with Crippen molar-refractivity contribution < 1.29 is 22.8 Å². The van der Waals surface area contributed by atoms with E-state index in [1.54, 1.807) is 29.2 Å². The number of unbranched alkanes of at least 4 members (excludes halogenated alkanes) is 2. The molecule has 1 fully saturated rings. The molecule has 0 unspecified atom stereocenters. The van der Waals surface area contributed by atoms with Crippen molar-refractivity contribution in [3.63, 3.8) is 0 Å². The number of nitrogens with zero attached hydrogens (tertiary/aromatic N) is 2. The van der Waals surface area contributed by atoms with Crippen LogP contribution in [0.3, 0.4) is 0 Å². The Hall–Kier alpha value is -2.22. The minimum absolute atomic E-state index is 0.0560. The molecule has 170 valence electrons. The van der Waals surface area contributed by atoms with Crippen LogP contribution in [0.1, 0.15) is 73.1 Å². The molecule has 8 heteroatoms. The van der Waals surface area contributed by atoms with Crippen molar-refractivity contribution >= 4 is 27.6 Å². The van der Waals surface area contributed by atoms with Gasteiger partial charge in [-0.1, -0.05) is 32.4 Å². The van der Waals surface area contributed by atoms with Crippen molar-refractivity contribution in [2.45, 2.75) is 57.6 Å². The van der Waals surface area contributed by atoms with Crippen molar-refractivity contribution in [2.75, 3.05) is 25.4 Å². The molecule has 1 saturated heterocycles. The van der Waals surface area contributed by atoms with E-state index in [0.29, 0.717) is 62.9 Å². The zero-order valence-electron chi connectivity index (χ0n) is 18.4. The Bertz CT molecular complexity index is 898. The first-order valence-corrected chi connectivity index (χ1v) is 12.9. The summed E-state index contributed by atoms with van der Waals surface area (Å²) in [5.74, 6) is -0.108. The summed E-state index contributed by atoms with van der Waals surface area (Å²) in [5.41, 5.74) is 0.919. The molecular weight excluding hydrogens is 416 g/mol. The summed E-state index contributed by atoms with van der Waals surface area (Å²) in [4.78, 5) is 40.2. The SMILES string of the molecule is CC(C)CS(=O)(=O)C1CCN(C(=O)CCCCCN2C(=O)c3ccccc3C2=O)CC1. The van der Waals surface area contributed by atoms with Gasteiger partial charge >= 0.3 is 0 Å². The number of hydrogen-bond acceptors (Lipinski definition) is 5. The van der Waals surface area contributed by atoms with Gasteiger partial charge in [-0.05, 0) is 43.7 Å². The van der Waals surface area contributed by atoms with E-state index in [0.717, 1.165) is 6.42 Å². The molecule has 0 N–H and O–H groups in total. The number of imide groups is 1. The third-order valence-corrected chi connectivity index (χ3v) is 8.64. The van der Waals surface area contributed by atoms with Crippen LogP contribution in [0.25, 0.3) is 0 Å². The van der Waals surface area contributed by atoms with Crippen LogP contribution in [-0.4, -0.2) is 66.6 Å². The highest BCUT2D eigenvalue weighted by atomic mass is 32.2. The molecule has 1 aromatic rings. The third-order valence-electron chi connectivity index (χ3n) is 6.02. The molecule has 0 bridgehead atoms. The van der Waals surface area contributed by atoms with Gasteiger partial charge in [-0.25, -0.2) is 8.42 Å². The average Bonchev–Trinajstić information content (AvgIpc) is 2.97. The monoisotopic (exact) mass is 448 g/mol. The zero-order chi connectivity index (χ0) is 22.6. The molecule has 0 aliphatic carbocycles. The largest absolute Gasteiger partial charge is 0.343 e. The molecule has 1 aromatic carbocycles. The Kier molecular flexibility index (Phi) is 7.51. The van der Waals surface area contributed by atoms with Crippen molar-refractivity contribution in [1.82, 2.24) is 9.80 Å². The van der Waals surface area contributed by atoms with E-state index in [1.807, 2.05) is 13.8 Å². The maximum atomic E-state index is 12.5. The number of likely N-dealkylation sites (tertiary alicyclic amines) is 1. The fraction of sp³-hybridized carbons (Fsp3) is 0.609. The van der Waals surface area contributed by atoms with E-state index >= 15 is 0 Å². The second kappa shape index (κ2) is 9.94. The molecule has 2 aliphatic heterocycles. The first-order chi connectivity index (χ1) is 14.7. The number of benzene rings is 1. The lowest BCUT2D eigenvalue weighted by Crippen LogP contribution is -2.43. The molecule has 7 nitrogen and oxygen atoms in total. The van der Waals surface area contributed by atoms with Crippen LogP contribution in [0.4, 0.5) is 0 Å². The lowest BCUT2D eigenvalue weighted by Gasteiger charge is -2.32. The van der Waals surface area contributed by atoms with Gasteiger partial charge in [0.25, 0.3) is 11.8 Å². The first kappa shape index (κ1) is 23.4. The van der Waals surface area contributed by atoms with Crippen LogP contribution >= 0.6 is 0 Å². The first-order valence-electron chi connectivity index (χ1n) is 11.1. The van der Waals surface area contributed by atoms with Gasteiger partial charge in [0, 0.05) is 26.1 Å². The second-order valence-corrected chi connectivity index (χ2v) is 11.2. The number of amides is 3. The summed E-state index contributed by atoms with van der Waals surface area (Å²) in [6.45, 7) is 5.17. The average molecular weight is 449 g/mol. The standard InChI is InChI=1S/C23H32N2O5S/c1-17(2)16-31(29,30)18-11-14-24(15-12-18)21(26)10-4-3-7-13-25-22(27)19-8-5-6-9-20(19)23(25)28/h5-6,8-9,17-18H,3-4,7,10-16H2,1-2H3. The summed E-state index contributed by atoms with van der Waals surface area (Å²) in [6, 6.07) is 6.85. The molecule has 0 aromatic heterocycles. The summed E-state index contributed by atoms with van der Waals surface area (Å²) in [7, 11) is -3.09. The van der Waals surface area contributed by atoms with Crippen LogP contribution in [0.5, 0.6) is 0 Å². The van der Waals surface area contributed by atoms with E-state index < -0.39 is 9.84 Å². The predicted molar refractivity (Wildman–Crippen MR) is 119 cm³/mol. The molecule has 2 aliphatic rings. The minimum Gasteiger partial charge on any atom is -0.343 e. The molecule has 3 amide bonds. The summed E-state index contributed by atoms with van der Waals surface area (Å²) in [5, 5.41) is -0.335. The second-order valence-electron chi connectivity index (χ2n) is 8.92. The van der Waals surface area contributed by atoms with Gasteiger partial charge in [0.2, 0.25) is 5.91 Å². The Morgan fingerprint density at radius 1 is 1.00 bits per heavy atom. The van der Waals surface area contributed by atoms with E-state index in [4.69, 9.17) is 0 Å². The predicted octanol–water partition coefficient (Wildman–Crippen LogP) is 2.90. The van der Waals surface area contributed by atoms with Gasteiger partial charge in [0.1, 0.15) is 0 Å². The fourth-order valence-electron chi connectivity index (χ4n) is 4.39. The number of fused-ring (bicyclic) bond motifs is 1. The Labute approximate surface area is 184 Å². The summed E-state index contributed by atoms with van der Waals surface area (Å²) in [6.07, 6.45) is 3.53. The van der Waals surface area contributed by atoms with Crippen molar-refractivity contribution in [2.24, 2.45) is 5.92 Å². The van der Waals surface area contributed by atoms with Gasteiger partial charge in [-0.15, -0.1) is 0 Å². The van der Waals surface area contributed by atoms with Gasteiger partial charge < -0.3 is 4.90 Å². The molecule has 3 rings (SSSR count). The highest BCUT2D eigenvalue weighted by Gasteiger charge is 2.34. The van der Waals surface area contributed by atoms with E-state index in [2.05, 4.69) is 0 Å². The quantitative estimate of drug-likeness (QED) is 0.428. The van der Waals surface area contributed by atoms with Crippen LogP contribution < -0.4 is 0 Å². The number of rotatable bonds is 9. The van der Waals surface area contributed by atoms with Crippen LogP contribution in [0.2, 0.25) is 0 Å². The van der Waals surface area contributed by atoms with Gasteiger partial charge in [-0.3, -0.25) is 19.3 Å². The lowest BCUT2D eigenvalue weighted by molar-refractivity contribution is -0.132. The van der Waals surface area contributed by atoms with Crippen LogP contribution in [0, 0.1) is 5.92 Å². The van der Waals surface area contributed by atoms with E-state index in [-0.39, 0.29) is 34.6 Å². The minimum atomic E-state index is -3.09. The molecule has 2 heterocycles. The molecule has 0 saturated carbocycles. The van der Waals surface area contributed by atoms with Crippen LogP contribution in [-0.2, 0) is 14.6 Å². The Morgan fingerprint density at radius 3 is 2.13 bits per heavy atom. The number of hydrogen-bond donors (Lipinski definition) is 0. The lowest BCUT2D eigenvalue weighted by atomic mass is 10.1. The summed E-state index contributed by atoms with van der Waals surface area (Å²) < 4.78 is 24.8. The Balaban J connectivity index is 1.35. The number of carbonyl (C=O) groups excluding carboxylic acids is 3. The van der Waals surface area contributed by atoms with Gasteiger partial charge in [0.05, 0.1) is 22.1 Å². The molecule has 31 heavy (non-hydrogen) atoms. The maximum absolute atomic E-state index is 12.5. The van der Waals surface area contributed by atoms with Crippen molar-refractivity contribution in [1.29, 1.82) is 0 Å². The molecule has 0 atom stereocenters. The number of carbonyl (C=O) groups is 3. The normalized spacial score (nSPS) is 17.5. The highest BCUT2D eigenvalue weighted by Crippen LogP contribution is 2.23. The number of sulfone groups is 1. The highest BCUT2D eigenvalue weighted by molar-refractivity contribution is 7.92. The summed E-state index contributed by atoms with van der Waals surface area (Å²) >= 11 is 0. The van der Waals surface area contributed by atoms with E-state index in [1.165, 1.54) is 4.90 Å². The van der Waals surface area contributed by atoms with Gasteiger partial charge in [0.15, 0.2) is 9.84 Å². The smallest absolute Gasteiger partial charge is 0.261 e. The number of piperidine rings is 1. The van der Waals surface area contributed by atoms with Crippen molar-refractivity contribution in [3.05, 3.63) is 35.4 Å². The van der Waals surface area contributed by atoms with Crippen LogP contribution in [0.15, 0.2) is 24.3 Å². The fourth-order valence-corrected chi connectivity index (χ4v) is 6.52. The molecule has 0 radical (unpaired) electrons. The third kappa shape index (κ3) is 5.53.